The molecule has 0 saturated heterocycles. The average molecular weight is 197 g/mol. The van der Waals surface area contributed by atoms with Crippen LogP contribution in [0.2, 0.25) is 0 Å². The second kappa shape index (κ2) is 5.30. The van der Waals surface area contributed by atoms with Gasteiger partial charge in [-0.15, -0.1) is 6.07 Å². The van der Waals surface area contributed by atoms with Crippen LogP contribution >= 0.6 is 0 Å². The Labute approximate surface area is 104 Å². The van der Waals surface area contributed by atoms with Crippen molar-refractivity contribution < 1.29 is 23.7 Å². The number of anilines is 1. The number of para-hydroxylation sites is 1. The van der Waals surface area contributed by atoms with Crippen molar-refractivity contribution in [2.45, 2.75) is 20.8 Å². The Morgan fingerprint density at radius 3 is 2.27 bits per heavy atom. The predicted octanol–water partition coefficient (Wildman–Crippen LogP) is -0.143. The van der Waals surface area contributed by atoms with Crippen LogP contribution in [0.1, 0.15) is 26.3 Å². The summed E-state index contributed by atoms with van der Waals surface area (Å²) in [5, 5.41) is 2.85. The number of nitrogens with one attached hydrogen (secondary N) is 1. The fourth-order valence-corrected chi connectivity index (χ4v) is 0.952. The summed E-state index contributed by atoms with van der Waals surface area (Å²) >= 11 is 0. The standard InChI is InChI=1S/C12H16NO.Li/c1-9-7-5-6-8-10(9)13-11(14)12(2,3)4;/h5-8H,1H2,2-4H3,(H,13,14);/q-1;+1. The van der Waals surface area contributed by atoms with Gasteiger partial charge >= 0.3 is 18.9 Å². The molecule has 0 spiro atoms. The van der Waals surface area contributed by atoms with Crippen molar-refractivity contribution in [1.29, 1.82) is 0 Å². The van der Waals surface area contributed by atoms with Crippen LogP contribution in [0.5, 0.6) is 0 Å². The van der Waals surface area contributed by atoms with Gasteiger partial charge in [-0.25, -0.2) is 0 Å². The van der Waals surface area contributed by atoms with E-state index in [2.05, 4.69) is 12.2 Å². The molecule has 1 aromatic rings. The van der Waals surface area contributed by atoms with Gasteiger partial charge in [-0.1, -0.05) is 38.6 Å². The van der Waals surface area contributed by atoms with Gasteiger partial charge in [0.05, 0.1) is 0 Å². The first-order valence-corrected chi connectivity index (χ1v) is 4.64. The molecule has 0 aliphatic rings. The average Bonchev–Trinajstić information content (AvgIpc) is 2.07. The van der Waals surface area contributed by atoms with Gasteiger partial charge < -0.3 is 5.32 Å². The van der Waals surface area contributed by atoms with Gasteiger partial charge in [0.2, 0.25) is 5.91 Å². The molecule has 0 aliphatic heterocycles. The van der Waals surface area contributed by atoms with Gasteiger partial charge in [0.25, 0.3) is 0 Å². The first kappa shape index (κ1) is 14.2. The quantitative estimate of drug-likeness (QED) is 0.492. The number of rotatable bonds is 1. The SMILES string of the molecule is [CH2-]c1ccccc1NC(=O)C(C)(C)C.[Li+]. The van der Waals surface area contributed by atoms with Crippen LogP contribution < -0.4 is 24.2 Å². The molecular weight excluding hydrogens is 181 g/mol. The Morgan fingerprint density at radius 1 is 1.27 bits per heavy atom. The van der Waals surface area contributed by atoms with Crippen LogP contribution in [0.15, 0.2) is 24.3 Å². The summed E-state index contributed by atoms with van der Waals surface area (Å²) in [6, 6.07) is 7.51. The summed E-state index contributed by atoms with van der Waals surface area (Å²) in [6.45, 7) is 9.49. The number of amides is 1. The van der Waals surface area contributed by atoms with E-state index in [0.717, 1.165) is 11.3 Å². The van der Waals surface area contributed by atoms with E-state index < -0.39 is 0 Å². The van der Waals surface area contributed by atoms with Crippen LogP contribution in [0.25, 0.3) is 0 Å². The Kier molecular flexibility index (Phi) is 5.00. The maximum atomic E-state index is 11.6. The van der Waals surface area contributed by atoms with Gasteiger partial charge in [-0.3, -0.25) is 4.79 Å². The molecule has 1 N–H and O–H groups in total. The third-order valence-corrected chi connectivity index (χ3v) is 1.95. The van der Waals surface area contributed by atoms with Crippen LogP contribution in [-0.2, 0) is 4.79 Å². The third kappa shape index (κ3) is 4.03. The van der Waals surface area contributed by atoms with Crippen LogP contribution in [0.4, 0.5) is 5.69 Å². The number of benzene rings is 1. The number of hydrogen-bond acceptors (Lipinski definition) is 1. The van der Waals surface area contributed by atoms with Crippen molar-refractivity contribution in [3.05, 3.63) is 36.8 Å². The molecule has 15 heavy (non-hydrogen) atoms. The first-order chi connectivity index (χ1) is 6.41. The third-order valence-electron chi connectivity index (χ3n) is 1.95. The summed E-state index contributed by atoms with van der Waals surface area (Å²) < 4.78 is 0. The van der Waals surface area contributed by atoms with Crippen LogP contribution in [0.3, 0.4) is 0 Å². The maximum Gasteiger partial charge on any atom is 1.00 e. The molecule has 76 valence electrons. The van der Waals surface area contributed by atoms with E-state index in [0.29, 0.717) is 0 Å². The number of hydrogen-bond donors (Lipinski definition) is 1. The number of carbonyl (C=O) groups is 1. The fourth-order valence-electron chi connectivity index (χ4n) is 0.952. The first-order valence-electron chi connectivity index (χ1n) is 4.64. The zero-order valence-electron chi connectivity index (χ0n) is 9.92. The Morgan fingerprint density at radius 2 is 1.80 bits per heavy atom. The molecule has 3 heteroatoms. The van der Waals surface area contributed by atoms with Crippen molar-refractivity contribution in [2.24, 2.45) is 5.41 Å². The molecule has 0 aliphatic carbocycles. The molecule has 1 amide bonds. The topological polar surface area (TPSA) is 29.1 Å². The second-order valence-electron chi connectivity index (χ2n) is 4.36. The van der Waals surface area contributed by atoms with E-state index >= 15 is 0 Å². The van der Waals surface area contributed by atoms with E-state index in [9.17, 15) is 4.79 Å². The largest absolute Gasteiger partial charge is 1.00 e. The summed E-state index contributed by atoms with van der Waals surface area (Å²) in [5.74, 6) is 0.00796. The van der Waals surface area contributed by atoms with Crippen LogP contribution in [0, 0.1) is 12.3 Å². The summed E-state index contributed by atoms with van der Waals surface area (Å²) in [7, 11) is 0. The van der Waals surface area contributed by atoms with Gasteiger partial charge in [-0.05, 0) is 0 Å². The Balaban J connectivity index is 0.00000196. The van der Waals surface area contributed by atoms with Crippen molar-refractivity contribution in [1.82, 2.24) is 0 Å². The molecule has 0 heterocycles. The van der Waals surface area contributed by atoms with Crippen molar-refractivity contribution in [3.8, 4) is 0 Å². The molecule has 2 nitrogen and oxygen atoms in total. The number of carbonyl (C=O) groups excluding carboxylic acids is 1. The zero-order chi connectivity index (χ0) is 10.8. The molecule has 0 unspecified atom stereocenters. The van der Waals surface area contributed by atoms with Gasteiger partial charge in [0.1, 0.15) is 0 Å². The molecule has 0 saturated carbocycles. The van der Waals surface area contributed by atoms with E-state index in [1.54, 1.807) is 0 Å². The molecule has 0 radical (unpaired) electrons. The van der Waals surface area contributed by atoms with Gasteiger partial charge in [0.15, 0.2) is 0 Å². The van der Waals surface area contributed by atoms with Crippen molar-refractivity contribution >= 4 is 11.6 Å². The fraction of sp³-hybridized carbons (Fsp3) is 0.333. The normalized spacial score (nSPS) is 10.3. The predicted molar refractivity (Wildman–Crippen MR) is 59.0 cm³/mol. The molecule has 0 bridgehead atoms. The second-order valence-corrected chi connectivity index (χ2v) is 4.36. The van der Waals surface area contributed by atoms with E-state index in [4.69, 9.17) is 0 Å². The van der Waals surface area contributed by atoms with E-state index in [-0.39, 0.29) is 30.2 Å². The molecular formula is C12H16LiNO. The van der Waals surface area contributed by atoms with E-state index in [1.807, 2.05) is 45.0 Å². The minimum Gasteiger partial charge on any atom is -0.378 e. The molecule has 0 atom stereocenters. The minimum absolute atomic E-state index is 0. The summed E-state index contributed by atoms with van der Waals surface area (Å²) in [5.41, 5.74) is 1.25. The van der Waals surface area contributed by atoms with Crippen molar-refractivity contribution in [2.75, 3.05) is 5.32 Å². The molecule has 0 aromatic heterocycles. The minimum atomic E-state index is -0.373. The smallest absolute Gasteiger partial charge is 0.378 e. The maximum absolute atomic E-state index is 11.6. The monoisotopic (exact) mass is 197 g/mol. The Bertz CT molecular complexity index is 342. The van der Waals surface area contributed by atoms with Crippen LogP contribution in [-0.4, -0.2) is 5.91 Å². The summed E-state index contributed by atoms with van der Waals surface area (Å²) in [4.78, 5) is 11.6. The van der Waals surface area contributed by atoms with Crippen molar-refractivity contribution in [3.63, 3.8) is 0 Å². The zero-order valence-corrected chi connectivity index (χ0v) is 9.92. The summed E-state index contributed by atoms with van der Waals surface area (Å²) in [6.07, 6.45) is 0. The molecule has 0 fully saturated rings. The van der Waals surface area contributed by atoms with Gasteiger partial charge in [-0.2, -0.15) is 18.6 Å². The Hall–Kier alpha value is -0.843. The molecule has 1 rings (SSSR count). The van der Waals surface area contributed by atoms with E-state index in [1.165, 1.54) is 0 Å². The van der Waals surface area contributed by atoms with Gasteiger partial charge in [0, 0.05) is 5.41 Å². The molecule has 1 aromatic carbocycles.